The van der Waals surface area contributed by atoms with Crippen LogP contribution in [0.3, 0.4) is 0 Å². The largest absolute Gasteiger partial charge is 0.491 e. The molecule has 0 aliphatic heterocycles. The van der Waals surface area contributed by atoms with Crippen LogP contribution >= 0.6 is 0 Å². The van der Waals surface area contributed by atoms with Gasteiger partial charge in [-0.15, -0.1) is 0 Å². The average Bonchev–Trinajstić information content (AvgIpc) is 2.36. The van der Waals surface area contributed by atoms with Gasteiger partial charge in [0.25, 0.3) is 0 Å². The van der Waals surface area contributed by atoms with Crippen LogP contribution in [0.4, 0.5) is 5.69 Å². The molecule has 1 aromatic rings. The Morgan fingerprint density at radius 3 is 2.63 bits per heavy atom. The molecule has 2 N–H and O–H groups in total. The fraction of sp³-hybridized carbons (Fsp3) is 0.429. The first-order chi connectivity index (χ1) is 9.04. The van der Waals surface area contributed by atoms with Crippen LogP contribution in [0.25, 0.3) is 0 Å². The predicted octanol–water partition coefficient (Wildman–Crippen LogP) is 1.94. The van der Waals surface area contributed by atoms with Crippen LogP contribution in [0, 0.1) is 0 Å². The molecule has 19 heavy (non-hydrogen) atoms. The zero-order chi connectivity index (χ0) is 14.3. The Hall–Kier alpha value is -2.04. The number of anilines is 1. The predicted molar refractivity (Wildman–Crippen MR) is 74.1 cm³/mol. The molecule has 0 heterocycles. The Morgan fingerprint density at radius 1 is 1.32 bits per heavy atom. The number of ether oxygens (including phenoxy) is 1. The van der Waals surface area contributed by atoms with Crippen LogP contribution in [-0.4, -0.2) is 24.5 Å². The van der Waals surface area contributed by atoms with Crippen molar-refractivity contribution in [3.05, 3.63) is 24.3 Å². The summed E-state index contributed by atoms with van der Waals surface area (Å²) < 4.78 is 5.55. The molecule has 1 atom stereocenters. The van der Waals surface area contributed by atoms with E-state index in [-0.39, 0.29) is 11.8 Å². The van der Waals surface area contributed by atoms with Gasteiger partial charge in [-0.3, -0.25) is 9.59 Å². The highest BCUT2D eigenvalue weighted by atomic mass is 16.5. The van der Waals surface area contributed by atoms with E-state index in [4.69, 9.17) is 4.74 Å². The molecule has 0 saturated heterocycles. The molecule has 0 aromatic heterocycles. The van der Waals surface area contributed by atoms with Crippen molar-refractivity contribution in [1.82, 2.24) is 5.32 Å². The summed E-state index contributed by atoms with van der Waals surface area (Å²) in [5.41, 5.74) is 0.609. The molecule has 0 aliphatic rings. The summed E-state index contributed by atoms with van der Waals surface area (Å²) in [7, 11) is 0. The summed E-state index contributed by atoms with van der Waals surface area (Å²) in [5.74, 6) is 0.119. The number of amides is 2. The molecule has 5 nitrogen and oxygen atoms in total. The number of benzene rings is 1. The zero-order valence-corrected chi connectivity index (χ0v) is 11.5. The van der Waals surface area contributed by atoms with E-state index in [0.29, 0.717) is 18.0 Å². The van der Waals surface area contributed by atoms with Gasteiger partial charge in [-0.05, 0) is 25.5 Å². The highest BCUT2D eigenvalue weighted by Crippen LogP contribution is 2.23. The van der Waals surface area contributed by atoms with Crippen molar-refractivity contribution in [2.45, 2.75) is 33.2 Å². The summed E-state index contributed by atoms with van der Waals surface area (Å²) in [6.45, 7) is 5.61. The van der Waals surface area contributed by atoms with Crippen molar-refractivity contribution in [3.63, 3.8) is 0 Å². The maximum Gasteiger partial charge on any atom is 0.246 e. The smallest absolute Gasteiger partial charge is 0.246 e. The lowest BCUT2D eigenvalue weighted by molar-refractivity contribution is -0.124. The van der Waals surface area contributed by atoms with Crippen molar-refractivity contribution < 1.29 is 14.3 Å². The average molecular weight is 264 g/mol. The number of rotatable bonds is 6. The Balaban J connectivity index is 2.70. The number of para-hydroxylation sites is 2. The SMILES string of the molecule is CCCOc1ccccc1NC(=O)C(C)NC(C)=O. The summed E-state index contributed by atoms with van der Waals surface area (Å²) in [4.78, 5) is 22.8. The quantitative estimate of drug-likeness (QED) is 0.825. The van der Waals surface area contributed by atoms with Gasteiger partial charge < -0.3 is 15.4 Å². The van der Waals surface area contributed by atoms with Gasteiger partial charge in [-0.1, -0.05) is 19.1 Å². The van der Waals surface area contributed by atoms with Crippen molar-refractivity contribution >= 4 is 17.5 Å². The number of hydrogen-bond acceptors (Lipinski definition) is 3. The fourth-order valence-electron chi connectivity index (χ4n) is 1.52. The Morgan fingerprint density at radius 2 is 2.00 bits per heavy atom. The molecule has 0 spiro atoms. The molecule has 104 valence electrons. The second-order valence-electron chi connectivity index (χ2n) is 4.26. The van der Waals surface area contributed by atoms with E-state index in [2.05, 4.69) is 10.6 Å². The molecule has 0 aliphatic carbocycles. The van der Waals surface area contributed by atoms with Gasteiger partial charge in [-0.25, -0.2) is 0 Å². The first kappa shape index (κ1) is 15.0. The highest BCUT2D eigenvalue weighted by Gasteiger charge is 2.15. The number of hydrogen-bond donors (Lipinski definition) is 2. The third-order valence-electron chi connectivity index (χ3n) is 2.42. The van der Waals surface area contributed by atoms with E-state index >= 15 is 0 Å². The van der Waals surface area contributed by atoms with Crippen LogP contribution in [-0.2, 0) is 9.59 Å². The normalized spacial score (nSPS) is 11.5. The summed E-state index contributed by atoms with van der Waals surface area (Å²) >= 11 is 0. The summed E-state index contributed by atoms with van der Waals surface area (Å²) in [6.07, 6.45) is 0.893. The van der Waals surface area contributed by atoms with Crippen LogP contribution in [0.15, 0.2) is 24.3 Å². The van der Waals surface area contributed by atoms with Gasteiger partial charge in [0.2, 0.25) is 11.8 Å². The summed E-state index contributed by atoms with van der Waals surface area (Å²) in [5, 5.41) is 5.28. The third kappa shape index (κ3) is 4.99. The van der Waals surface area contributed by atoms with Crippen molar-refractivity contribution in [1.29, 1.82) is 0 Å². The minimum absolute atomic E-state index is 0.238. The van der Waals surface area contributed by atoms with Crippen LogP contribution in [0.2, 0.25) is 0 Å². The van der Waals surface area contributed by atoms with Crippen LogP contribution in [0.5, 0.6) is 5.75 Å². The molecule has 0 fully saturated rings. The van der Waals surface area contributed by atoms with Gasteiger partial charge in [0, 0.05) is 6.92 Å². The molecule has 1 aromatic carbocycles. The molecular weight excluding hydrogens is 244 g/mol. The fourth-order valence-corrected chi connectivity index (χ4v) is 1.52. The van der Waals surface area contributed by atoms with Crippen LogP contribution in [0.1, 0.15) is 27.2 Å². The molecule has 2 amide bonds. The molecule has 1 unspecified atom stereocenters. The Kier molecular flexibility index (Phi) is 5.85. The molecule has 0 bridgehead atoms. The van der Waals surface area contributed by atoms with E-state index in [1.54, 1.807) is 19.1 Å². The zero-order valence-electron chi connectivity index (χ0n) is 11.5. The molecule has 0 radical (unpaired) electrons. The Labute approximate surface area is 113 Å². The molecule has 5 heteroatoms. The number of carbonyl (C=O) groups is 2. The molecule has 0 saturated carbocycles. The lowest BCUT2D eigenvalue weighted by Crippen LogP contribution is -2.40. The first-order valence-electron chi connectivity index (χ1n) is 6.34. The second kappa shape index (κ2) is 7.41. The minimum atomic E-state index is -0.586. The van der Waals surface area contributed by atoms with E-state index in [1.165, 1.54) is 6.92 Å². The number of carbonyl (C=O) groups excluding carboxylic acids is 2. The first-order valence-corrected chi connectivity index (χ1v) is 6.34. The Bertz CT molecular complexity index is 446. The topological polar surface area (TPSA) is 67.4 Å². The number of nitrogens with one attached hydrogen (secondary N) is 2. The van der Waals surface area contributed by atoms with Gasteiger partial charge in [0.1, 0.15) is 11.8 Å². The maximum absolute atomic E-state index is 11.9. The standard InChI is InChI=1S/C14H20N2O3/c1-4-9-19-13-8-6-5-7-12(13)16-14(18)10(2)15-11(3)17/h5-8,10H,4,9H2,1-3H3,(H,15,17)(H,16,18). The van der Waals surface area contributed by atoms with Gasteiger partial charge >= 0.3 is 0 Å². The van der Waals surface area contributed by atoms with E-state index in [0.717, 1.165) is 6.42 Å². The van der Waals surface area contributed by atoms with E-state index < -0.39 is 6.04 Å². The van der Waals surface area contributed by atoms with E-state index in [1.807, 2.05) is 19.1 Å². The maximum atomic E-state index is 11.9. The van der Waals surface area contributed by atoms with Crippen molar-refractivity contribution in [2.24, 2.45) is 0 Å². The highest BCUT2D eigenvalue weighted by molar-refractivity contribution is 5.97. The lowest BCUT2D eigenvalue weighted by atomic mass is 10.2. The summed E-state index contributed by atoms with van der Waals surface area (Å²) in [6, 6.07) is 6.64. The van der Waals surface area contributed by atoms with Gasteiger partial charge in [0.05, 0.1) is 12.3 Å². The molecule has 1 rings (SSSR count). The second-order valence-corrected chi connectivity index (χ2v) is 4.26. The monoisotopic (exact) mass is 264 g/mol. The van der Waals surface area contributed by atoms with Crippen molar-refractivity contribution in [2.75, 3.05) is 11.9 Å². The third-order valence-corrected chi connectivity index (χ3v) is 2.42. The van der Waals surface area contributed by atoms with Gasteiger partial charge in [-0.2, -0.15) is 0 Å². The molecular formula is C14H20N2O3. The van der Waals surface area contributed by atoms with E-state index in [9.17, 15) is 9.59 Å². The van der Waals surface area contributed by atoms with Gasteiger partial charge in [0.15, 0.2) is 0 Å². The van der Waals surface area contributed by atoms with Crippen molar-refractivity contribution in [3.8, 4) is 5.75 Å². The minimum Gasteiger partial charge on any atom is -0.491 e. The lowest BCUT2D eigenvalue weighted by Gasteiger charge is -2.15. The van der Waals surface area contributed by atoms with Crippen LogP contribution < -0.4 is 15.4 Å².